The van der Waals surface area contributed by atoms with Crippen LogP contribution >= 0.6 is 0 Å². The van der Waals surface area contributed by atoms with Crippen LogP contribution in [0.5, 0.6) is 11.5 Å². The van der Waals surface area contributed by atoms with Crippen molar-refractivity contribution >= 4 is 5.97 Å². The van der Waals surface area contributed by atoms with E-state index in [1.807, 2.05) is 6.92 Å². The molecule has 268 valence electrons. The van der Waals surface area contributed by atoms with Crippen LogP contribution in [0.25, 0.3) is 0 Å². The maximum absolute atomic E-state index is 12.2. The zero-order chi connectivity index (χ0) is 33.3. The second kappa shape index (κ2) is 31.9. The molecule has 1 aromatic rings. The minimum Gasteiger partial charge on any atom is -0.508 e. The second-order valence-electron chi connectivity index (χ2n) is 14.1. The van der Waals surface area contributed by atoms with Crippen LogP contribution in [0.3, 0.4) is 0 Å². The van der Waals surface area contributed by atoms with E-state index in [4.69, 9.17) is 9.47 Å². The minimum atomic E-state index is -0.685. The number of carbonyl (C=O) groups is 1. The predicted molar refractivity (Wildman–Crippen MR) is 198 cm³/mol. The highest BCUT2D eigenvalue weighted by molar-refractivity contribution is 5.74. The van der Waals surface area contributed by atoms with Crippen molar-refractivity contribution in [3.63, 3.8) is 0 Å². The van der Waals surface area contributed by atoms with Crippen LogP contribution in [0.2, 0.25) is 0 Å². The van der Waals surface area contributed by atoms with Gasteiger partial charge in [0, 0.05) is 6.07 Å². The standard InChI is InChI=1S/C42H76O4/c1-4-5-6-7-8-9-10-11-12-13-14-15-16-17-18-19-20-21-22-23-24-25-26-27-28-29-30-31-32-33-36-45-42(44)39(3)46-40-35-34-38(2)41(43)37-40/h34-35,37,39,43H,4-33,36H2,1-3H3. The fourth-order valence-corrected chi connectivity index (χ4v) is 6.33. The average Bonchev–Trinajstić information content (AvgIpc) is 3.05. The summed E-state index contributed by atoms with van der Waals surface area (Å²) in [4.78, 5) is 12.2. The molecular formula is C42H76O4. The number of hydrogen-bond acceptors (Lipinski definition) is 4. The maximum Gasteiger partial charge on any atom is 0.347 e. The number of rotatable bonds is 34. The number of hydrogen-bond donors (Lipinski definition) is 1. The molecule has 1 atom stereocenters. The highest BCUT2D eigenvalue weighted by Crippen LogP contribution is 2.23. The molecule has 0 saturated heterocycles. The lowest BCUT2D eigenvalue weighted by atomic mass is 10.0. The topological polar surface area (TPSA) is 55.8 Å². The summed E-state index contributed by atoms with van der Waals surface area (Å²) >= 11 is 0. The molecule has 0 saturated carbocycles. The lowest BCUT2D eigenvalue weighted by Crippen LogP contribution is -2.26. The van der Waals surface area contributed by atoms with Crippen LogP contribution in [-0.4, -0.2) is 23.8 Å². The van der Waals surface area contributed by atoms with Gasteiger partial charge in [-0.25, -0.2) is 4.79 Å². The van der Waals surface area contributed by atoms with E-state index in [1.54, 1.807) is 19.1 Å². The Kier molecular flexibility index (Phi) is 29.3. The summed E-state index contributed by atoms with van der Waals surface area (Å²) in [6.07, 6.45) is 41.2. The first-order chi connectivity index (χ1) is 22.5. The summed E-state index contributed by atoms with van der Waals surface area (Å²) in [6.45, 7) is 6.25. The first-order valence-electron chi connectivity index (χ1n) is 20.2. The predicted octanol–water partition coefficient (Wildman–Crippen LogP) is 13.7. The van der Waals surface area contributed by atoms with E-state index >= 15 is 0 Å². The fourth-order valence-electron chi connectivity index (χ4n) is 6.33. The zero-order valence-electron chi connectivity index (χ0n) is 30.9. The first-order valence-corrected chi connectivity index (χ1v) is 20.2. The van der Waals surface area contributed by atoms with E-state index in [0.29, 0.717) is 12.4 Å². The van der Waals surface area contributed by atoms with E-state index in [0.717, 1.165) is 18.4 Å². The molecule has 0 amide bonds. The minimum absolute atomic E-state index is 0.166. The monoisotopic (exact) mass is 645 g/mol. The molecule has 0 heterocycles. The maximum atomic E-state index is 12.2. The first kappa shape index (κ1) is 42.3. The quantitative estimate of drug-likeness (QED) is 0.0599. The molecule has 0 aromatic heterocycles. The summed E-state index contributed by atoms with van der Waals surface area (Å²) in [5, 5.41) is 9.78. The molecule has 46 heavy (non-hydrogen) atoms. The van der Waals surface area contributed by atoms with Crippen LogP contribution in [0, 0.1) is 6.92 Å². The largest absolute Gasteiger partial charge is 0.508 e. The lowest BCUT2D eigenvalue weighted by molar-refractivity contribution is -0.151. The van der Waals surface area contributed by atoms with E-state index < -0.39 is 6.10 Å². The zero-order valence-corrected chi connectivity index (χ0v) is 30.9. The van der Waals surface area contributed by atoms with Crippen molar-refractivity contribution < 1.29 is 19.4 Å². The molecule has 0 fully saturated rings. The fraction of sp³-hybridized carbons (Fsp3) is 0.833. The third-order valence-corrected chi connectivity index (χ3v) is 9.57. The molecule has 1 rings (SSSR count). The molecule has 0 spiro atoms. The van der Waals surface area contributed by atoms with Crippen LogP contribution in [0.4, 0.5) is 0 Å². The molecule has 0 aliphatic heterocycles. The highest BCUT2D eigenvalue weighted by Gasteiger charge is 2.16. The molecule has 0 aliphatic rings. The van der Waals surface area contributed by atoms with E-state index in [9.17, 15) is 9.90 Å². The Morgan fingerprint density at radius 2 is 0.891 bits per heavy atom. The number of ether oxygens (including phenoxy) is 2. The van der Waals surface area contributed by atoms with E-state index in [2.05, 4.69) is 6.92 Å². The number of benzene rings is 1. The SMILES string of the molecule is CCCCCCCCCCCCCCCCCCCCCCCCCCCCCCCCOC(=O)C(C)Oc1ccc(C)c(O)c1. The molecule has 0 aliphatic carbocycles. The molecule has 4 heteroatoms. The molecule has 1 unspecified atom stereocenters. The van der Waals surface area contributed by atoms with Crippen LogP contribution in [0.1, 0.15) is 212 Å². The Morgan fingerprint density at radius 3 is 1.22 bits per heavy atom. The van der Waals surface area contributed by atoms with Crippen molar-refractivity contribution in [2.75, 3.05) is 6.61 Å². The molecule has 1 N–H and O–H groups in total. The number of phenols is 1. The summed E-state index contributed by atoms with van der Waals surface area (Å²) in [5.41, 5.74) is 0.777. The van der Waals surface area contributed by atoms with Gasteiger partial charge in [-0.05, 0) is 31.9 Å². The van der Waals surface area contributed by atoms with Crippen molar-refractivity contribution in [3.8, 4) is 11.5 Å². The Labute approximate surface area is 286 Å². The summed E-state index contributed by atoms with van der Waals surface area (Å²) in [7, 11) is 0. The number of unbranched alkanes of at least 4 members (excludes halogenated alkanes) is 29. The Balaban J connectivity index is 1.71. The van der Waals surface area contributed by atoms with Crippen molar-refractivity contribution in [2.24, 2.45) is 0 Å². The van der Waals surface area contributed by atoms with Gasteiger partial charge < -0.3 is 14.6 Å². The summed E-state index contributed by atoms with van der Waals surface area (Å²) in [5.74, 6) is 0.290. The van der Waals surface area contributed by atoms with E-state index in [1.165, 1.54) is 186 Å². The van der Waals surface area contributed by atoms with Crippen molar-refractivity contribution in [3.05, 3.63) is 23.8 Å². The smallest absolute Gasteiger partial charge is 0.347 e. The Morgan fingerprint density at radius 1 is 0.565 bits per heavy atom. The summed E-state index contributed by atoms with van der Waals surface area (Å²) < 4.78 is 11.0. The van der Waals surface area contributed by atoms with Gasteiger partial charge in [0.25, 0.3) is 0 Å². The van der Waals surface area contributed by atoms with Crippen molar-refractivity contribution in [2.45, 2.75) is 219 Å². The molecule has 4 nitrogen and oxygen atoms in total. The van der Waals surface area contributed by atoms with Gasteiger partial charge in [0.15, 0.2) is 6.10 Å². The van der Waals surface area contributed by atoms with Gasteiger partial charge in [-0.15, -0.1) is 0 Å². The number of carbonyl (C=O) groups excluding carboxylic acids is 1. The van der Waals surface area contributed by atoms with Crippen LogP contribution in [-0.2, 0) is 9.53 Å². The number of esters is 1. The number of phenolic OH excluding ortho intramolecular Hbond substituents is 1. The van der Waals surface area contributed by atoms with Gasteiger partial charge in [0.05, 0.1) is 6.61 Å². The average molecular weight is 645 g/mol. The van der Waals surface area contributed by atoms with Crippen LogP contribution in [0.15, 0.2) is 18.2 Å². The van der Waals surface area contributed by atoms with Crippen LogP contribution < -0.4 is 4.74 Å². The Hall–Kier alpha value is -1.71. The summed E-state index contributed by atoms with van der Waals surface area (Å²) in [6, 6.07) is 5.05. The van der Waals surface area contributed by atoms with Gasteiger partial charge in [0.1, 0.15) is 11.5 Å². The third-order valence-electron chi connectivity index (χ3n) is 9.57. The number of aryl methyl sites for hydroxylation is 1. The van der Waals surface area contributed by atoms with Crippen molar-refractivity contribution in [1.29, 1.82) is 0 Å². The molecule has 0 radical (unpaired) electrons. The lowest BCUT2D eigenvalue weighted by Gasteiger charge is -2.14. The molecule has 1 aromatic carbocycles. The second-order valence-corrected chi connectivity index (χ2v) is 14.1. The van der Waals surface area contributed by atoms with Gasteiger partial charge in [-0.2, -0.15) is 0 Å². The number of aromatic hydroxyl groups is 1. The third kappa shape index (κ3) is 26.4. The molecule has 0 bridgehead atoms. The van der Waals surface area contributed by atoms with Gasteiger partial charge in [-0.1, -0.05) is 199 Å². The molecular weight excluding hydrogens is 568 g/mol. The van der Waals surface area contributed by atoms with Crippen molar-refractivity contribution in [1.82, 2.24) is 0 Å². The normalized spacial score (nSPS) is 12.0. The van der Waals surface area contributed by atoms with Gasteiger partial charge in [-0.3, -0.25) is 0 Å². The Bertz CT molecular complexity index is 807. The van der Waals surface area contributed by atoms with E-state index in [-0.39, 0.29) is 11.7 Å². The highest BCUT2D eigenvalue weighted by atomic mass is 16.6. The van der Waals surface area contributed by atoms with Gasteiger partial charge in [0.2, 0.25) is 0 Å². The van der Waals surface area contributed by atoms with Gasteiger partial charge >= 0.3 is 5.97 Å².